The molecule has 7 heteroatoms. The smallest absolute Gasteiger partial charge is 0.320 e. The molecule has 104 valence electrons. The summed E-state index contributed by atoms with van der Waals surface area (Å²) < 4.78 is 0. The number of hydrogen-bond donors (Lipinski definition) is 5. The van der Waals surface area contributed by atoms with E-state index in [1.54, 1.807) is 0 Å². The maximum atomic E-state index is 10.9. The van der Waals surface area contributed by atoms with E-state index in [0.717, 1.165) is 0 Å². The van der Waals surface area contributed by atoms with Crippen LogP contribution in [0.3, 0.4) is 0 Å². The Kier molecular flexibility index (Phi) is 8.81. The Morgan fingerprint density at radius 1 is 1.39 bits per heavy atom. The van der Waals surface area contributed by atoms with Crippen LogP contribution in [-0.4, -0.2) is 47.4 Å². The summed E-state index contributed by atoms with van der Waals surface area (Å²) in [5.41, 5.74) is 5.18. The van der Waals surface area contributed by atoms with Crippen LogP contribution in [0.5, 0.6) is 0 Å². The third-order valence-corrected chi connectivity index (χ3v) is 2.32. The first-order chi connectivity index (χ1) is 8.51. The second kappa shape index (κ2) is 9.58. The number of amides is 1. The zero-order valence-electron chi connectivity index (χ0n) is 10.3. The van der Waals surface area contributed by atoms with E-state index in [1.807, 2.05) is 0 Å². The van der Waals surface area contributed by atoms with Crippen LogP contribution in [0.15, 0.2) is 12.7 Å². The molecule has 0 aliphatic rings. The maximum Gasteiger partial charge on any atom is 0.320 e. The Morgan fingerprint density at radius 3 is 2.56 bits per heavy atom. The zero-order valence-corrected chi connectivity index (χ0v) is 10.3. The van der Waals surface area contributed by atoms with Crippen LogP contribution >= 0.6 is 0 Å². The lowest BCUT2D eigenvalue weighted by molar-refractivity contribution is -0.140. The van der Waals surface area contributed by atoms with E-state index in [-0.39, 0.29) is 12.5 Å². The van der Waals surface area contributed by atoms with Crippen molar-refractivity contribution in [2.24, 2.45) is 5.73 Å². The van der Waals surface area contributed by atoms with Gasteiger partial charge in [-0.2, -0.15) is 0 Å². The highest BCUT2D eigenvalue weighted by atomic mass is 16.4. The van der Waals surface area contributed by atoms with Crippen LogP contribution in [0.4, 0.5) is 0 Å². The first kappa shape index (κ1) is 16.6. The van der Waals surface area contributed by atoms with Gasteiger partial charge in [0.15, 0.2) is 0 Å². The Labute approximate surface area is 106 Å². The first-order valence-corrected chi connectivity index (χ1v) is 5.78. The largest absolute Gasteiger partial charge is 0.480 e. The summed E-state index contributed by atoms with van der Waals surface area (Å²) in [6.07, 6.45) is 1.78. The van der Waals surface area contributed by atoms with Gasteiger partial charge in [0.1, 0.15) is 12.3 Å². The van der Waals surface area contributed by atoms with Gasteiger partial charge in [-0.3, -0.25) is 14.9 Å². The van der Waals surface area contributed by atoms with Crippen molar-refractivity contribution in [3.63, 3.8) is 0 Å². The SMILES string of the molecule is C=CC(=O)NCCCCC(NC(O)CN)C(=O)O. The lowest BCUT2D eigenvalue weighted by atomic mass is 10.1. The molecule has 0 rings (SSSR count). The minimum absolute atomic E-state index is 0.0425. The van der Waals surface area contributed by atoms with E-state index < -0.39 is 18.2 Å². The van der Waals surface area contributed by atoms with Crippen molar-refractivity contribution in [1.82, 2.24) is 10.6 Å². The molecule has 0 aliphatic heterocycles. The van der Waals surface area contributed by atoms with Gasteiger partial charge in [0, 0.05) is 13.1 Å². The molecular weight excluding hydrogens is 238 g/mol. The molecule has 6 N–H and O–H groups in total. The van der Waals surface area contributed by atoms with E-state index in [4.69, 9.17) is 10.8 Å². The monoisotopic (exact) mass is 259 g/mol. The molecule has 0 aromatic rings. The van der Waals surface area contributed by atoms with Gasteiger partial charge in [0.25, 0.3) is 0 Å². The van der Waals surface area contributed by atoms with Gasteiger partial charge in [-0.15, -0.1) is 0 Å². The number of nitrogens with one attached hydrogen (secondary N) is 2. The molecule has 0 aliphatic carbocycles. The lowest BCUT2D eigenvalue weighted by Gasteiger charge is -2.17. The molecule has 7 nitrogen and oxygen atoms in total. The van der Waals surface area contributed by atoms with Gasteiger partial charge in [0.05, 0.1) is 0 Å². The molecule has 0 saturated carbocycles. The van der Waals surface area contributed by atoms with Crippen molar-refractivity contribution in [2.75, 3.05) is 13.1 Å². The zero-order chi connectivity index (χ0) is 14.0. The summed E-state index contributed by atoms with van der Waals surface area (Å²) in [5, 5.41) is 23.2. The highest BCUT2D eigenvalue weighted by Gasteiger charge is 2.18. The molecule has 0 bridgehead atoms. The average molecular weight is 259 g/mol. The predicted molar refractivity (Wildman–Crippen MR) is 66.7 cm³/mol. The summed E-state index contributed by atoms with van der Waals surface area (Å²) in [6, 6.07) is -0.835. The maximum absolute atomic E-state index is 10.9. The van der Waals surface area contributed by atoms with E-state index in [1.165, 1.54) is 6.08 Å². The Morgan fingerprint density at radius 2 is 2.06 bits per heavy atom. The molecule has 2 unspecified atom stereocenters. The lowest BCUT2D eigenvalue weighted by Crippen LogP contribution is -2.46. The molecule has 18 heavy (non-hydrogen) atoms. The Balaban J connectivity index is 3.80. The number of aliphatic carboxylic acids is 1. The Hall–Kier alpha value is -1.44. The second-order valence-electron chi connectivity index (χ2n) is 3.80. The highest BCUT2D eigenvalue weighted by molar-refractivity contribution is 5.86. The molecule has 0 heterocycles. The van der Waals surface area contributed by atoms with Crippen molar-refractivity contribution in [3.05, 3.63) is 12.7 Å². The minimum Gasteiger partial charge on any atom is -0.480 e. The van der Waals surface area contributed by atoms with Crippen molar-refractivity contribution < 1.29 is 19.8 Å². The minimum atomic E-state index is -1.03. The molecule has 0 aromatic heterocycles. The van der Waals surface area contributed by atoms with Crippen molar-refractivity contribution >= 4 is 11.9 Å². The Bertz CT molecular complexity index is 283. The number of carbonyl (C=O) groups excluding carboxylic acids is 1. The summed E-state index contributed by atoms with van der Waals surface area (Å²) in [4.78, 5) is 21.7. The van der Waals surface area contributed by atoms with Crippen molar-refractivity contribution in [1.29, 1.82) is 0 Å². The van der Waals surface area contributed by atoms with Crippen LogP contribution in [0.1, 0.15) is 19.3 Å². The van der Waals surface area contributed by atoms with Crippen LogP contribution in [0.25, 0.3) is 0 Å². The van der Waals surface area contributed by atoms with Crippen molar-refractivity contribution in [2.45, 2.75) is 31.5 Å². The van der Waals surface area contributed by atoms with Crippen LogP contribution < -0.4 is 16.4 Å². The standard InChI is InChI=1S/C11H21N3O4/c1-2-9(15)13-6-4-3-5-8(11(17)18)14-10(16)7-12/h2,8,10,14,16H,1,3-7,12H2,(H,13,15)(H,17,18). The van der Waals surface area contributed by atoms with Gasteiger partial charge in [-0.05, 0) is 25.3 Å². The number of unbranched alkanes of at least 4 members (excludes halogenated alkanes) is 1. The fourth-order valence-electron chi connectivity index (χ4n) is 1.34. The summed E-state index contributed by atoms with van der Waals surface area (Å²) >= 11 is 0. The number of nitrogens with two attached hydrogens (primary N) is 1. The number of hydrogen-bond acceptors (Lipinski definition) is 5. The van der Waals surface area contributed by atoms with Gasteiger partial charge in [-0.25, -0.2) is 0 Å². The van der Waals surface area contributed by atoms with Crippen LogP contribution in [-0.2, 0) is 9.59 Å². The fourth-order valence-corrected chi connectivity index (χ4v) is 1.34. The summed E-state index contributed by atoms with van der Waals surface area (Å²) in [5.74, 6) is -1.28. The number of aliphatic hydroxyl groups is 1. The summed E-state index contributed by atoms with van der Waals surface area (Å²) in [6.45, 7) is 3.74. The topological polar surface area (TPSA) is 125 Å². The number of aliphatic hydroxyl groups excluding tert-OH is 1. The number of carboxylic acid groups (broad SMARTS) is 1. The molecule has 0 saturated heterocycles. The number of rotatable bonds is 10. The first-order valence-electron chi connectivity index (χ1n) is 5.78. The third kappa shape index (κ3) is 7.77. The van der Waals surface area contributed by atoms with E-state index >= 15 is 0 Å². The normalized spacial score (nSPS) is 13.7. The second-order valence-corrected chi connectivity index (χ2v) is 3.80. The molecule has 0 aromatic carbocycles. The van der Waals surface area contributed by atoms with Gasteiger partial charge >= 0.3 is 5.97 Å². The van der Waals surface area contributed by atoms with Crippen LogP contribution in [0, 0.1) is 0 Å². The van der Waals surface area contributed by atoms with E-state index in [2.05, 4.69) is 17.2 Å². The van der Waals surface area contributed by atoms with Gasteiger partial charge < -0.3 is 21.3 Å². The molecular formula is C11H21N3O4. The fraction of sp³-hybridized carbons (Fsp3) is 0.636. The van der Waals surface area contributed by atoms with E-state index in [9.17, 15) is 14.7 Å². The molecule has 2 atom stereocenters. The molecule has 0 radical (unpaired) electrons. The summed E-state index contributed by atoms with van der Waals surface area (Å²) in [7, 11) is 0. The number of carbonyl (C=O) groups is 2. The highest BCUT2D eigenvalue weighted by Crippen LogP contribution is 2.01. The quantitative estimate of drug-likeness (QED) is 0.190. The number of carboxylic acids is 1. The van der Waals surface area contributed by atoms with Crippen LogP contribution in [0.2, 0.25) is 0 Å². The van der Waals surface area contributed by atoms with E-state index in [0.29, 0.717) is 25.8 Å². The predicted octanol–water partition coefficient (Wildman–Crippen LogP) is -1.22. The molecule has 0 fully saturated rings. The van der Waals surface area contributed by atoms with Gasteiger partial charge in [-0.1, -0.05) is 6.58 Å². The molecule has 0 spiro atoms. The van der Waals surface area contributed by atoms with Crippen molar-refractivity contribution in [3.8, 4) is 0 Å². The third-order valence-electron chi connectivity index (χ3n) is 2.32. The molecule has 1 amide bonds. The van der Waals surface area contributed by atoms with Gasteiger partial charge in [0.2, 0.25) is 5.91 Å². The average Bonchev–Trinajstić information content (AvgIpc) is 2.35.